The van der Waals surface area contributed by atoms with Crippen LogP contribution >= 0.6 is 0 Å². The Bertz CT molecular complexity index is 1280. The number of aromatic nitrogens is 3. The normalized spacial score (nSPS) is 15.2. The first kappa shape index (κ1) is 20.1. The second kappa shape index (κ2) is 8.38. The number of aliphatic imine (C=N–C) groups is 1. The number of methoxy groups -OCH3 is 1. The smallest absolute Gasteiger partial charge is 0.159 e. The summed E-state index contributed by atoms with van der Waals surface area (Å²) in [6, 6.07) is 20.2. The van der Waals surface area contributed by atoms with Gasteiger partial charge < -0.3 is 4.74 Å². The summed E-state index contributed by atoms with van der Waals surface area (Å²) in [6.07, 6.45) is 3.17. The van der Waals surface area contributed by atoms with Crippen LogP contribution in [0.1, 0.15) is 36.3 Å². The van der Waals surface area contributed by atoms with Crippen molar-refractivity contribution >= 4 is 11.5 Å². The predicted octanol–water partition coefficient (Wildman–Crippen LogP) is 5.77. The van der Waals surface area contributed by atoms with Gasteiger partial charge >= 0.3 is 0 Å². The number of para-hydroxylation sites is 1. The number of halogens is 1. The maximum Gasteiger partial charge on any atom is 0.159 e. The molecule has 2 aromatic heterocycles. The van der Waals surface area contributed by atoms with Gasteiger partial charge in [-0.25, -0.2) is 14.1 Å². The lowest BCUT2D eigenvalue weighted by molar-refractivity contribution is 0.413. The molecule has 0 saturated heterocycles. The van der Waals surface area contributed by atoms with Crippen LogP contribution in [0.4, 0.5) is 10.2 Å². The Morgan fingerprint density at radius 2 is 1.81 bits per heavy atom. The molecule has 5 nitrogen and oxygen atoms in total. The van der Waals surface area contributed by atoms with E-state index in [4.69, 9.17) is 14.8 Å². The molecule has 6 heteroatoms. The van der Waals surface area contributed by atoms with E-state index in [1.165, 1.54) is 12.1 Å². The first-order valence-corrected chi connectivity index (χ1v) is 10.7. The lowest BCUT2D eigenvalue weighted by Gasteiger charge is -2.25. The van der Waals surface area contributed by atoms with Gasteiger partial charge in [-0.3, -0.25) is 4.98 Å². The van der Waals surface area contributed by atoms with Gasteiger partial charge in [0.05, 0.1) is 24.2 Å². The molecule has 0 spiro atoms. The fourth-order valence-corrected chi connectivity index (χ4v) is 4.25. The first-order valence-electron chi connectivity index (χ1n) is 10.7. The third-order valence-electron chi connectivity index (χ3n) is 5.80. The predicted molar refractivity (Wildman–Crippen MR) is 123 cm³/mol. The maximum absolute atomic E-state index is 13.6. The molecule has 0 fully saturated rings. The number of fused-ring (bicyclic) bond motifs is 1. The number of aryl methyl sites for hydroxylation is 1. The fraction of sp³-hybridized carbons (Fsp3) is 0.192. The Morgan fingerprint density at radius 3 is 2.53 bits per heavy atom. The highest BCUT2D eigenvalue weighted by atomic mass is 19.1. The quantitative estimate of drug-likeness (QED) is 0.407. The molecule has 1 unspecified atom stereocenters. The summed E-state index contributed by atoms with van der Waals surface area (Å²) in [5.41, 5.74) is 5.54. The van der Waals surface area contributed by atoms with Crippen molar-refractivity contribution in [1.29, 1.82) is 0 Å². The molecule has 0 bridgehead atoms. The van der Waals surface area contributed by atoms with Gasteiger partial charge in [0, 0.05) is 23.7 Å². The Hall–Kier alpha value is -3.80. The van der Waals surface area contributed by atoms with Gasteiger partial charge in [-0.15, -0.1) is 0 Å². The van der Waals surface area contributed by atoms with Crippen LogP contribution in [-0.2, 0) is 6.42 Å². The zero-order chi connectivity index (χ0) is 22.1. The van der Waals surface area contributed by atoms with E-state index in [9.17, 15) is 4.39 Å². The zero-order valence-electron chi connectivity index (χ0n) is 18.0. The lowest BCUT2D eigenvalue weighted by atomic mass is 9.97. The van der Waals surface area contributed by atoms with E-state index >= 15 is 0 Å². The number of rotatable bonds is 5. The SMILES string of the molecule is CCc1nn2c(c1-c1ccc(F)cc1)N=C(c1ccccc1OC)CC2c1ccccn1. The summed E-state index contributed by atoms with van der Waals surface area (Å²) in [4.78, 5) is 9.71. The highest BCUT2D eigenvalue weighted by Crippen LogP contribution is 2.42. The largest absolute Gasteiger partial charge is 0.496 e. The van der Waals surface area contributed by atoms with Crippen molar-refractivity contribution in [3.8, 4) is 16.9 Å². The van der Waals surface area contributed by atoms with E-state index in [2.05, 4.69) is 11.9 Å². The van der Waals surface area contributed by atoms with Gasteiger partial charge in [0.15, 0.2) is 5.82 Å². The number of pyridine rings is 1. The van der Waals surface area contributed by atoms with Crippen molar-refractivity contribution < 1.29 is 9.13 Å². The standard InChI is InChI=1S/C26H23FN4O/c1-3-20-25(17-11-13-18(27)14-12-17)26-29-22(19-8-4-5-10-24(19)32-2)16-23(31(26)30-20)21-9-6-7-15-28-21/h4-15,23H,3,16H2,1-2H3. The van der Waals surface area contributed by atoms with Gasteiger partial charge in [-0.2, -0.15) is 5.10 Å². The van der Waals surface area contributed by atoms with Gasteiger partial charge in [-0.1, -0.05) is 37.3 Å². The van der Waals surface area contributed by atoms with E-state index in [-0.39, 0.29) is 11.9 Å². The van der Waals surface area contributed by atoms with Crippen LogP contribution < -0.4 is 4.74 Å². The second-order valence-corrected chi connectivity index (χ2v) is 7.68. The zero-order valence-corrected chi connectivity index (χ0v) is 18.0. The molecular weight excluding hydrogens is 403 g/mol. The highest BCUT2D eigenvalue weighted by molar-refractivity contribution is 6.06. The monoisotopic (exact) mass is 426 g/mol. The van der Waals surface area contributed by atoms with Crippen molar-refractivity contribution in [2.45, 2.75) is 25.8 Å². The van der Waals surface area contributed by atoms with Crippen molar-refractivity contribution in [3.63, 3.8) is 0 Å². The number of hydrogen-bond donors (Lipinski definition) is 0. The topological polar surface area (TPSA) is 52.3 Å². The van der Waals surface area contributed by atoms with E-state index in [1.54, 1.807) is 25.4 Å². The molecule has 1 atom stereocenters. The summed E-state index contributed by atoms with van der Waals surface area (Å²) >= 11 is 0. The Labute approximate surface area is 186 Å². The summed E-state index contributed by atoms with van der Waals surface area (Å²) in [5, 5.41) is 4.94. The van der Waals surface area contributed by atoms with Crippen LogP contribution in [-0.4, -0.2) is 27.6 Å². The molecule has 0 radical (unpaired) electrons. The van der Waals surface area contributed by atoms with Crippen molar-refractivity contribution in [2.24, 2.45) is 4.99 Å². The molecule has 0 aliphatic carbocycles. The van der Waals surface area contributed by atoms with Crippen LogP contribution in [0.15, 0.2) is 77.9 Å². The van der Waals surface area contributed by atoms with E-state index in [1.807, 2.05) is 47.1 Å². The fourth-order valence-electron chi connectivity index (χ4n) is 4.25. The van der Waals surface area contributed by atoms with Gasteiger partial charge in [0.1, 0.15) is 17.6 Å². The number of benzene rings is 2. The van der Waals surface area contributed by atoms with Crippen LogP contribution in [0.3, 0.4) is 0 Å². The minimum Gasteiger partial charge on any atom is -0.496 e. The molecule has 1 aliphatic heterocycles. The van der Waals surface area contributed by atoms with E-state index in [0.29, 0.717) is 6.42 Å². The van der Waals surface area contributed by atoms with Crippen LogP contribution in [0, 0.1) is 5.82 Å². The van der Waals surface area contributed by atoms with Crippen molar-refractivity contribution in [1.82, 2.24) is 14.8 Å². The van der Waals surface area contributed by atoms with Crippen molar-refractivity contribution in [2.75, 3.05) is 7.11 Å². The molecule has 0 saturated carbocycles. The average molecular weight is 426 g/mol. The maximum atomic E-state index is 13.6. The third-order valence-corrected chi connectivity index (χ3v) is 5.80. The third kappa shape index (κ3) is 3.47. The van der Waals surface area contributed by atoms with Crippen molar-refractivity contribution in [3.05, 3.63) is 95.7 Å². The minimum absolute atomic E-state index is 0.108. The molecule has 1 aliphatic rings. The summed E-state index contributed by atoms with van der Waals surface area (Å²) in [6.45, 7) is 2.07. The van der Waals surface area contributed by atoms with E-state index in [0.717, 1.165) is 51.8 Å². The van der Waals surface area contributed by atoms with Gasteiger partial charge in [0.2, 0.25) is 0 Å². The first-order chi connectivity index (χ1) is 15.7. The summed E-state index contributed by atoms with van der Waals surface area (Å²) < 4.78 is 21.2. The van der Waals surface area contributed by atoms with Crippen LogP contribution in [0.5, 0.6) is 5.75 Å². The van der Waals surface area contributed by atoms with Crippen LogP contribution in [0.25, 0.3) is 11.1 Å². The van der Waals surface area contributed by atoms with Gasteiger partial charge in [-0.05, 0) is 48.4 Å². The van der Waals surface area contributed by atoms with Crippen LogP contribution in [0.2, 0.25) is 0 Å². The average Bonchev–Trinajstić information content (AvgIpc) is 3.23. The molecule has 160 valence electrons. The molecule has 3 heterocycles. The number of ether oxygens (including phenoxy) is 1. The Balaban J connectivity index is 1.76. The van der Waals surface area contributed by atoms with Gasteiger partial charge in [0.25, 0.3) is 0 Å². The highest BCUT2D eigenvalue weighted by Gasteiger charge is 2.31. The molecule has 32 heavy (non-hydrogen) atoms. The number of hydrogen-bond acceptors (Lipinski definition) is 4. The molecular formula is C26H23FN4O. The molecule has 0 N–H and O–H groups in total. The summed E-state index contributed by atoms with van der Waals surface area (Å²) in [5.74, 6) is 1.27. The Morgan fingerprint density at radius 1 is 1.03 bits per heavy atom. The Kier molecular flexibility index (Phi) is 5.27. The number of nitrogens with zero attached hydrogens (tertiary/aromatic N) is 4. The van der Waals surface area contributed by atoms with E-state index < -0.39 is 0 Å². The lowest BCUT2D eigenvalue weighted by Crippen LogP contribution is -2.22. The minimum atomic E-state index is -0.266. The molecule has 2 aromatic carbocycles. The molecule has 4 aromatic rings. The summed E-state index contributed by atoms with van der Waals surface area (Å²) in [7, 11) is 1.67. The molecule has 0 amide bonds. The molecule has 5 rings (SSSR count). The second-order valence-electron chi connectivity index (χ2n) is 7.68.